The molecular formula is C17H19N3O3S2. The fourth-order valence-electron chi connectivity index (χ4n) is 2.40. The second-order valence-electron chi connectivity index (χ2n) is 5.37. The predicted octanol–water partition coefficient (Wildman–Crippen LogP) is 2.97. The van der Waals surface area contributed by atoms with Crippen molar-refractivity contribution in [3.63, 3.8) is 0 Å². The quantitative estimate of drug-likeness (QED) is 0.692. The zero-order chi connectivity index (χ0) is 18.6. The monoisotopic (exact) mass is 377 g/mol. The van der Waals surface area contributed by atoms with Crippen LogP contribution in [0.25, 0.3) is 0 Å². The van der Waals surface area contributed by atoms with E-state index in [-0.39, 0.29) is 16.2 Å². The molecule has 0 saturated heterocycles. The van der Waals surface area contributed by atoms with E-state index in [2.05, 4.69) is 4.98 Å². The van der Waals surface area contributed by atoms with Crippen LogP contribution < -0.4 is 0 Å². The number of carbonyl (C=O) groups is 1. The molecule has 25 heavy (non-hydrogen) atoms. The van der Waals surface area contributed by atoms with Crippen LogP contribution in [-0.4, -0.2) is 36.6 Å². The third-order valence-electron chi connectivity index (χ3n) is 3.76. The second kappa shape index (κ2) is 7.87. The summed E-state index contributed by atoms with van der Waals surface area (Å²) in [5.74, 6) is -1.37. The van der Waals surface area contributed by atoms with Gasteiger partial charge in [-0.2, -0.15) is 9.57 Å². The molecule has 1 aromatic carbocycles. The Morgan fingerprint density at radius 2 is 1.88 bits per heavy atom. The molecule has 0 aliphatic carbocycles. The summed E-state index contributed by atoms with van der Waals surface area (Å²) in [6, 6.07) is 7.69. The van der Waals surface area contributed by atoms with E-state index in [1.165, 1.54) is 39.9 Å². The van der Waals surface area contributed by atoms with Gasteiger partial charge in [-0.15, -0.1) is 11.3 Å². The van der Waals surface area contributed by atoms with Gasteiger partial charge in [0.05, 0.1) is 11.0 Å². The Balaban J connectivity index is 2.30. The van der Waals surface area contributed by atoms with Gasteiger partial charge in [0.1, 0.15) is 5.01 Å². The lowest BCUT2D eigenvalue weighted by Gasteiger charge is -2.18. The molecule has 2 aromatic rings. The Kier molecular flexibility index (Phi) is 6.06. The van der Waals surface area contributed by atoms with Gasteiger partial charge in [0, 0.05) is 29.7 Å². The maximum atomic E-state index is 12.6. The smallest absolute Gasteiger partial charge is 0.243 e. The zero-order valence-electron chi connectivity index (χ0n) is 14.3. The van der Waals surface area contributed by atoms with Gasteiger partial charge in [0.25, 0.3) is 0 Å². The summed E-state index contributed by atoms with van der Waals surface area (Å²) in [6.45, 7) is 6.09. The summed E-state index contributed by atoms with van der Waals surface area (Å²) in [5, 5.41) is 11.6. The van der Waals surface area contributed by atoms with Gasteiger partial charge in [0.15, 0.2) is 11.7 Å². The summed E-state index contributed by atoms with van der Waals surface area (Å²) in [7, 11) is -3.57. The Bertz CT molecular complexity index is 892. The fraction of sp³-hybridized carbons (Fsp3) is 0.353. The number of Topliss-reactive ketones (excluding diaryl/α,β-unsaturated/α-hetero) is 1. The third-order valence-corrected chi connectivity index (χ3v) is 6.85. The van der Waals surface area contributed by atoms with Crippen molar-refractivity contribution < 1.29 is 13.2 Å². The molecule has 0 unspecified atom stereocenters. The Morgan fingerprint density at radius 1 is 1.28 bits per heavy atom. The predicted molar refractivity (Wildman–Crippen MR) is 96.1 cm³/mol. The molecule has 0 amide bonds. The van der Waals surface area contributed by atoms with Crippen molar-refractivity contribution in [3.05, 3.63) is 45.9 Å². The number of carbonyl (C=O) groups excluding carboxylic acids is 1. The van der Waals surface area contributed by atoms with Gasteiger partial charge in [-0.05, 0) is 19.1 Å². The lowest BCUT2D eigenvalue weighted by atomic mass is 9.99. The highest BCUT2D eigenvalue weighted by molar-refractivity contribution is 7.89. The van der Waals surface area contributed by atoms with Crippen LogP contribution in [-0.2, 0) is 10.0 Å². The first-order valence-electron chi connectivity index (χ1n) is 7.81. The maximum Gasteiger partial charge on any atom is 0.243 e. The number of hydrogen-bond acceptors (Lipinski definition) is 6. The van der Waals surface area contributed by atoms with Crippen LogP contribution in [0.2, 0.25) is 0 Å². The summed E-state index contributed by atoms with van der Waals surface area (Å²) in [6.07, 6.45) is 0. The lowest BCUT2D eigenvalue weighted by Crippen LogP contribution is -2.30. The molecule has 0 fully saturated rings. The minimum absolute atomic E-state index is 0.131. The molecule has 132 valence electrons. The van der Waals surface area contributed by atoms with Crippen LogP contribution in [0.15, 0.2) is 34.5 Å². The first-order valence-corrected chi connectivity index (χ1v) is 10.1. The third kappa shape index (κ3) is 3.95. The number of ketones is 1. The topological polar surface area (TPSA) is 91.1 Å². The molecular weight excluding hydrogens is 358 g/mol. The fourth-order valence-corrected chi connectivity index (χ4v) is 4.70. The number of nitrogens with zero attached hydrogens (tertiary/aromatic N) is 3. The molecule has 0 bridgehead atoms. The average molecular weight is 377 g/mol. The van der Waals surface area contributed by atoms with E-state index in [1.54, 1.807) is 26.2 Å². The number of hydrogen-bond donors (Lipinski definition) is 0. The van der Waals surface area contributed by atoms with E-state index in [1.807, 2.05) is 6.07 Å². The number of rotatable bonds is 7. The molecule has 8 heteroatoms. The standard InChI is InChI=1S/C17H19N3O3S2/c1-4-20(5-2)25(22,23)14-8-6-13(7-9-14)16(21)15(10-18)17-19-12(3)11-24-17/h6-9,11,15H,4-5H2,1-3H3/t15-/m0/s1. The number of thiazole rings is 1. The van der Waals surface area contributed by atoms with Crippen molar-refractivity contribution in [1.82, 2.24) is 9.29 Å². The Morgan fingerprint density at radius 3 is 2.32 bits per heavy atom. The first-order chi connectivity index (χ1) is 11.8. The molecule has 0 radical (unpaired) electrons. The molecule has 6 nitrogen and oxygen atoms in total. The highest BCUT2D eigenvalue weighted by atomic mass is 32.2. The van der Waals surface area contributed by atoms with E-state index in [0.29, 0.717) is 18.1 Å². The number of nitriles is 1. The zero-order valence-corrected chi connectivity index (χ0v) is 15.9. The summed E-state index contributed by atoms with van der Waals surface area (Å²) in [4.78, 5) is 16.9. The SMILES string of the molecule is CCN(CC)S(=O)(=O)c1ccc(C(=O)[C@H](C#N)c2nc(C)cs2)cc1. The van der Waals surface area contributed by atoms with Crippen LogP contribution in [0.1, 0.15) is 40.8 Å². The average Bonchev–Trinajstić information content (AvgIpc) is 3.02. The molecule has 0 aliphatic rings. The maximum absolute atomic E-state index is 12.6. The van der Waals surface area contributed by atoms with Gasteiger partial charge < -0.3 is 0 Å². The Hall–Kier alpha value is -2.08. The van der Waals surface area contributed by atoms with Crippen LogP contribution >= 0.6 is 11.3 Å². The lowest BCUT2D eigenvalue weighted by molar-refractivity contribution is 0.0978. The molecule has 1 heterocycles. The number of aryl methyl sites for hydroxylation is 1. The minimum Gasteiger partial charge on any atom is -0.292 e. The van der Waals surface area contributed by atoms with E-state index >= 15 is 0 Å². The van der Waals surface area contributed by atoms with Gasteiger partial charge in [-0.3, -0.25) is 4.79 Å². The molecule has 0 spiro atoms. The van der Waals surface area contributed by atoms with Crippen LogP contribution in [0, 0.1) is 18.3 Å². The summed E-state index contributed by atoms with van der Waals surface area (Å²) >= 11 is 1.27. The van der Waals surface area contributed by atoms with E-state index in [9.17, 15) is 18.5 Å². The summed E-state index contributed by atoms with van der Waals surface area (Å²) in [5.41, 5.74) is 1.05. The van der Waals surface area contributed by atoms with Crippen LogP contribution in [0.4, 0.5) is 0 Å². The van der Waals surface area contributed by atoms with Gasteiger partial charge in [-0.1, -0.05) is 26.0 Å². The largest absolute Gasteiger partial charge is 0.292 e. The van der Waals surface area contributed by atoms with Gasteiger partial charge in [-0.25, -0.2) is 13.4 Å². The normalized spacial score (nSPS) is 12.8. The van der Waals surface area contributed by atoms with E-state index < -0.39 is 15.9 Å². The van der Waals surface area contributed by atoms with E-state index in [4.69, 9.17) is 0 Å². The van der Waals surface area contributed by atoms with Gasteiger partial charge >= 0.3 is 0 Å². The molecule has 0 aliphatic heterocycles. The molecule has 2 rings (SSSR count). The summed E-state index contributed by atoms with van der Waals surface area (Å²) < 4.78 is 26.3. The van der Waals surface area contributed by atoms with Crippen molar-refractivity contribution in [3.8, 4) is 6.07 Å². The van der Waals surface area contributed by atoms with Gasteiger partial charge in [0.2, 0.25) is 10.0 Å². The molecule has 1 atom stereocenters. The van der Waals surface area contributed by atoms with Crippen molar-refractivity contribution >= 4 is 27.1 Å². The van der Waals surface area contributed by atoms with Crippen LogP contribution in [0.3, 0.4) is 0 Å². The first kappa shape index (κ1) is 19.2. The van der Waals surface area contributed by atoms with Crippen molar-refractivity contribution in [2.45, 2.75) is 31.6 Å². The highest BCUT2D eigenvalue weighted by Crippen LogP contribution is 2.25. The number of sulfonamides is 1. The molecule has 0 N–H and O–H groups in total. The molecule has 1 aromatic heterocycles. The van der Waals surface area contributed by atoms with Crippen molar-refractivity contribution in [2.75, 3.05) is 13.1 Å². The minimum atomic E-state index is -3.57. The highest BCUT2D eigenvalue weighted by Gasteiger charge is 2.26. The number of benzene rings is 1. The molecule has 0 saturated carbocycles. The van der Waals surface area contributed by atoms with Crippen molar-refractivity contribution in [2.24, 2.45) is 0 Å². The second-order valence-corrected chi connectivity index (χ2v) is 8.19. The van der Waals surface area contributed by atoms with Crippen LogP contribution in [0.5, 0.6) is 0 Å². The number of aromatic nitrogens is 1. The Labute approximate surface area is 151 Å². The van der Waals surface area contributed by atoms with E-state index in [0.717, 1.165) is 5.69 Å². The van der Waals surface area contributed by atoms with Crippen molar-refractivity contribution in [1.29, 1.82) is 5.26 Å².